The van der Waals surface area contributed by atoms with Gasteiger partial charge in [0.1, 0.15) is 5.75 Å². The Kier molecular flexibility index (Phi) is 4.98. The summed E-state index contributed by atoms with van der Waals surface area (Å²) in [7, 11) is 1.48. The Hall–Kier alpha value is -3.61. The van der Waals surface area contributed by atoms with Crippen LogP contribution in [-0.4, -0.2) is 33.5 Å². The maximum absolute atomic E-state index is 10.1. The van der Waals surface area contributed by atoms with Gasteiger partial charge in [0.25, 0.3) is 0 Å². The molecule has 0 aliphatic heterocycles. The van der Waals surface area contributed by atoms with Gasteiger partial charge in [-0.25, -0.2) is 9.97 Å². The second-order valence-electron chi connectivity index (χ2n) is 5.50. The standard InChI is InChI=1S/C19H18N4O3/c1-12-10-17(22-19(21-12)14-7-3-4-8-15(14)24)23-20-11-13-6-5-9-16(26-2)18(13)25/h3-11,24-25H,1-2H3,(H,21,22,23)/b20-11+. The number of ether oxygens (including phenoxy) is 1. The number of benzene rings is 2. The van der Waals surface area contributed by atoms with Gasteiger partial charge < -0.3 is 14.9 Å². The minimum Gasteiger partial charge on any atom is -0.507 e. The molecule has 1 aromatic heterocycles. The van der Waals surface area contributed by atoms with Gasteiger partial charge in [0.15, 0.2) is 23.1 Å². The topological polar surface area (TPSA) is 99.9 Å². The van der Waals surface area contributed by atoms with Gasteiger partial charge in [-0.15, -0.1) is 0 Å². The van der Waals surface area contributed by atoms with Crippen LogP contribution in [-0.2, 0) is 0 Å². The fraction of sp³-hybridized carbons (Fsp3) is 0.105. The van der Waals surface area contributed by atoms with Crippen molar-refractivity contribution in [3.8, 4) is 28.6 Å². The summed E-state index contributed by atoms with van der Waals surface area (Å²) < 4.78 is 5.07. The van der Waals surface area contributed by atoms with Crippen LogP contribution in [0.1, 0.15) is 11.3 Å². The first-order valence-corrected chi connectivity index (χ1v) is 7.87. The lowest BCUT2D eigenvalue weighted by Gasteiger charge is -2.07. The monoisotopic (exact) mass is 350 g/mol. The number of methoxy groups -OCH3 is 1. The second kappa shape index (κ2) is 7.52. The summed E-state index contributed by atoms with van der Waals surface area (Å²) in [5, 5.41) is 24.1. The number of aromatic nitrogens is 2. The molecule has 0 amide bonds. The molecule has 7 nitrogen and oxygen atoms in total. The van der Waals surface area contributed by atoms with Crippen molar-refractivity contribution in [1.29, 1.82) is 0 Å². The van der Waals surface area contributed by atoms with Gasteiger partial charge in [-0.3, -0.25) is 5.43 Å². The number of nitrogens with zero attached hydrogens (tertiary/aromatic N) is 3. The van der Waals surface area contributed by atoms with Crippen molar-refractivity contribution in [2.24, 2.45) is 5.10 Å². The molecule has 3 aromatic rings. The molecule has 3 rings (SSSR count). The van der Waals surface area contributed by atoms with Crippen LogP contribution < -0.4 is 10.2 Å². The van der Waals surface area contributed by atoms with Crippen LogP contribution in [0.15, 0.2) is 53.6 Å². The molecule has 1 heterocycles. The molecule has 0 spiro atoms. The van der Waals surface area contributed by atoms with Gasteiger partial charge in [0, 0.05) is 17.3 Å². The van der Waals surface area contributed by atoms with E-state index < -0.39 is 0 Å². The lowest BCUT2D eigenvalue weighted by atomic mass is 10.2. The van der Waals surface area contributed by atoms with E-state index in [-0.39, 0.29) is 11.5 Å². The largest absolute Gasteiger partial charge is 0.507 e. The Bertz CT molecular complexity index is 957. The predicted molar refractivity (Wildman–Crippen MR) is 99.7 cm³/mol. The lowest BCUT2D eigenvalue weighted by Crippen LogP contribution is -1.99. The zero-order chi connectivity index (χ0) is 18.5. The Labute approximate surface area is 150 Å². The summed E-state index contributed by atoms with van der Waals surface area (Å²) in [6.07, 6.45) is 1.47. The third-order valence-corrected chi connectivity index (χ3v) is 3.63. The molecule has 0 saturated carbocycles. The first-order chi connectivity index (χ1) is 12.6. The van der Waals surface area contributed by atoms with Crippen molar-refractivity contribution in [2.75, 3.05) is 12.5 Å². The van der Waals surface area contributed by atoms with Gasteiger partial charge >= 0.3 is 0 Å². The van der Waals surface area contributed by atoms with E-state index in [1.165, 1.54) is 13.3 Å². The zero-order valence-electron chi connectivity index (χ0n) is 14.3. The number of hydrazone groups is 1. The molecular formula is C19H18N4O3. The molecule has 3 N–H and O–H groups in total. The molecule has 0 fully saturated rings. The molecule has 0 radical (unpaired) electrons. The molecule has 2 aromatic carbocycles. The van der Waals surface area contributed by atoms with E-state index in [9.17, 15) is 10.2 Å². The molecule has 132 valence electrons. The summed E-state index contributed by atoms with van der Waals surface area (Å²) in [6, 6.07) is 13.7. The van der Waals surface area contributed by atoms with E-state index >= 15 is 0 Å². The number of phenols is 2. The van der Waals surface area contributed by atoms with Crippen LogP contribution in [0.5, 0.6) is 17.2 Å². The minimum atomic E-state index is 0.00862. The molecule has 26 heavy (non-hydrogen) atoms. The average Bonchev–Trinajstić information content (AvgIpc) is 2.63. The smallest absolute Gasteiger partial charge is 0.166 e. The van der Waals surface area contributed by atoms with E-state index in [4.69, 9.17) is 4.74 Å². The third-order valence-electron chi connectivity index (χ3n) is 3.63. The molecule has 0 unspecified atom stereocenters. The first kappa shape index (κ1) is 17.2. The van der Waals surface area contributed by atoms with Crippen LogP contribution in [0.2, 0.25) is 0 Å². The van der Waals surface area contributed by atoms with Crippen LogP contribution in [0, 0.1) is 6.92 Å². The number of rotatable bonds is 5. The normalized spacial score (nSPS) is 10.8. The van der Waals surface area contributed by atoms with Crippen molar-refractivity contribution in [3.05, 3.63) is 59.8 Å². The highest BCUT2D eigenvalue weighted by Gasteiger charge is 2.09. The zero-order valence-corrected chi connectivity index (χ0v) is 14.3. The Balaban J connectivity index is 1.84. The maximum Gasteiger partial charge on any atom is 0.166 e. The molecular weight excluding hydrogens is 332 g/mol. The van der Waals surface area contributed by atoms with E-state index in [0.717, 1.165) is 5.69 Å². The molecule has 7 heteroatoms. The molecule has 0 aliphatic rings. The molecule has 0 saturated heterocycles. The van der Waals surface area contributed by atoms with Crippen molar-refractivity contribution < 1.29 is 14.9 Å². The molecule has 0 aliphatic carbocycles. The number of para-hydroxylation sites is 2. The average molecular weight is 350 g/mol. The number of anilines is 1. The van der Waals surface area contributed by atoms with Crippen LogP contribution >= 0.6 is 0 Å². The van der Waals surface area contributed by atoms with E-state index in [1.807, 2.05) is 6.92 Å². The van der Waals surface area contributed by atoms with Gasteiger partial charge in [-0.1, -0.05) is 18.2 Å². The van der Waals surface area contributed by atoms with E-state index in [2.05, 4.69) is 20.5 Å². The number of phenolic OH excluding ortho intramolecular Hbond substituents is 2. The number of hydrogen-bond acceptors (Lipinski definition) is 7. The fourth-order valence-corrected chi connectivity index (χ4v) is 2.39. The second-order valence-corrected chi connectivity index (χ2v) is 5.50. The van der Waals surface area contributed by atoms with Crippen LogP contribution in [0.4, 0.5) is 5.82 Å². The number of nitrogens with one attached hydrogen (secondary N) is 1. The third kappa shape index (κ3) is 3.72. The fourth-order valence-electron chi connectivity index (χ4n) is 2.39. The quantitative estimate of drug-likeness (QED) is 0.482. The maximum atomic E-state index is 10.1. The summed E-state index contributed by atoms with van der Waals surface area (Å²) in [5.41, 5.74) is 4.57. The highest BCUT2D eigenvalue weighted by Crippen LogP contribution is 2.28. The summed E-state index contributed by atoms with van der Waals surface area (Å²) in [6.45, 7) is 1.83. The summed E-state index contributed by atoms with van der Waals surface area (Å²) >= 11 is 0. The van der Waals surface area contributed by atoms with E-state index in [0.29, 0.717) is 28.5 Å². The Morgan fingerprint density at radius 2 is 1.88 bits per heavy atom. The highest BCUT2D eigenvalue weighted by molar-refractivity contribution is 5.85. The highest BCUT2D eigenvalue weighted by atomic mass is 16.5. The van der Waals surface area contributed by atoms with Crippen molar-refractivity contribution >= 4 is 12.0 Å². The Morgan fingerprint density at radius 1 is 1.08 bits per heavy atom. The van der Waals surface area contributed by atoms with Gasteiger partial charge in [0.05, 0.1) is 18.9 Å². The number of aromatic hydroxyl groups is 2. The van der Waals surface area contributed by atoms with Gasteiger partial charge in [0.2, 0.25) is 0 Å². The minimum absolute atomic E-state index is 0.00862. The van der Waals surface area contributed by atoms with E-state index in [1.54, 1.807) is 48.5 Å². The Morgan fingerprint density at radius 3 is 2.65 bits per heavy atom. The molecule has 0 atom stereocenters. The van der Waals surface area contributed by atoms with Crippen molar-refractivity contribution in [2.45, 2.75) is 6.92 Å². The summed E-state index contributed by atoms with van der Waals surface area (Å²) in [5.74, 6) is 1.34. The number of hydrogen-bond donors (Lipinski definition) is 3. The van der Waals surface area contributed by atoms with Gasteiger partial charge in [-0.05, 0) is 31.2 Å². The van der Waals surface area contributed by atoms with Gasteiger partial charge in [-0.2, -0.15) is 5.10 Å². The SMILES string of the molecule is COc1cccc(/C=N/Nc2cc(C)nc(-c3ccccc3O)n2)c1O. The molecule has 0 bridgehead atoms. The number of aryl methyl sites for hydroxylation is 1. The predicted octanol–water partition coefficient (Wildman–Crippen LogP) is 3.32. The summed E-state index contributed by atoms with van der Waals surface area (Å²) in [4.78, 5) is 8.72. The lowest BCUT2D eigenvalue weighted by molar-refractivity contribution is 0.373. The van der Waals surface area contributed by atoms with Crippen LogP contribution in [0.25, 0.3) is 11.4 Å². The van der Waals surface area contributed by atoms with Crippen molar-refractivity contribution in [1.82, 2.24) is 9.97 Å². The van der Waals surface area contributed by atoms with Crippen molar-refractivity contribution in [3.63, 3.8) is 0 Å². The first-order valence-electron chi connectivity index (χ1n) is 7.87. The van der Waals surface area contributed by atoms with Crippen LogP contribution in [0.3, 0.4) is 0 Å².